The molecule has 0 bridgehead atoms. The molecule has 1 aromatic carbocycles. The molecule has 0 N–H and O–H groups in total. The molecule has 2 aromatic rings. The molecule has 1 aliphatic carbocycles. The lowest BCUT2D eigenvalue weighted by Gasteiger charge is -2.32. The molecule has 2 heterocycles. The lowest BCUT2D eigenvalue weighted by atomic mass is 9.95. The molecule has 1 fully saturated rings. The number of halogens is 2. The SMILES string of the molecule is O=c1cc2c(nn1CC1CCN(Cc3cc(F)cc(F)c3)CC1)CCCC2. The molecule has 1 saturated heterocycles. The molecule has 144 valence electrons. The van der Waals surface area contributed by atoms with Gasteiger partial charge in [0.2, 0.25) is 0 Å². The van der Waals surface area contributed by atoms with Gasteiger partial charge in [-0.05, 0) is 80.8 Å². The molecule has 4 nitrogen and oxygen atoms in total. The Hall–Kier alpha value is -2.08. The Morgan fingerprint density at radius 1 is 1.00 bits per heavy atom. The maximum Gasteiger partial charge on any atom is 0.267 e. The minimum atomic E-state index is -0.530. The smallest absolute Gasteiger partial charge is 0.267 e. The number of hydrogen-bond donors (Lipinski definition) is 0. The number of hydrogen-bond acceptors (Lipinski definition) is 3. The van der Waals surface area contributed by atoms with Gasteiger partial charge in [-0.25, -0.2) is 13.5 Å². The second kappa shape index (κ2) is 7.89. The van der Waals surface area contributed by atoms with Crippen LogP contribution in [-0.4, -0.2) is 27.8 Å². The van der Waals surface area contributed by atoms with Gasteiger partial charge < -0.3 is 0 Å². The number of fused-ring (bicyclic) bond motifs is 1. The predicted molar refractivity (Wildman–Crippen MR) is 99.5 cm³/mol. The Morgan fingerprint density at radius 3 is 2.44 bits per heavy atom. The molecule has 0 atom stereocenters. The molecule has 6 heteroatoms. The van der Waals surface area contributed by atoms with Crippen LogP contribution in [0.3, 0.4) is 0 Å². The second-order valence-electron chi connectivity index (χ2n) is 7.84. The van der Waals surface area contributed by atoms with Crippen molar-refractivity contribution in [3.8, 4) is 0 Å². The van der Waals surface area contributed by atoms with E-state index in [1.165, 1.54) is 12.1 Å². The van der Waals surface area contributed by atoms with E-state index in [-0.39, 0.29) is 5.56 Å². The first kappa shape index (κ1) is 18.3. The van der Waals surface area contributed by atoms with E-state index in [0.29, 0.717) is 24.6 Å². The lowest BCUT2D eigenvalue weighted by Crippen LogP contribution is -2.37. The number of aromatic nitrogens is 2. The molecule has 1 aliphatic heterocycles. The first-order valence-corrected chi connectivity index (χ1v) is 9.84. The van der Waals surface area contributed by atoms with Gasteiger partial charge in [0.1, 0.15) is 11.6 Å². The fraction of sp³-hybridized carbons (Fsp3) is 0.524. The van der Waals surface area contributed by atoms with E-state index in [4.69, 9.17) is 0 Å². The van der Waals surface area contributed by atoms with Crippen molar-refractivity contribution in [2.45, 2.75) is 51.6 Å². The highest BCUT2D eigenvalue weighted by molar-refractivity contribution is 5.20. The fourth-order valence-electron chi connectivity index (χ4n) is 4.26. The highest BCUT2D eigenvalue weighted by Crippen LogP contribution is 2.22. The largest absolute Gasteiger partial charge is 0.299 e. The molecule has 0 saturated carbocycles. The summed E-state index contributed by atoms with van der Waals surface area (Å²) in [6.07, 6.45) is 6.16. The quantitative estimate of drug-likeness (QED) is 0.825. The van der Waals surface area contributed by atoms with Gasteiger partial charge in [0, 0.05) is 25.2 Å². The monoisotopic (exact) mass is 373 g/mol. The van der Waals surface area contributed by atoms with Crippen LogP contribution in [0, 0.1) is 17.6 Å². The van der Waals surface area contributed by atoms with Crippen molar-refractivity contribution < 1.29 is 8.78 Å². The standard InChI is InChI=1S/C21H25F2N3O/c22-18-9-16(10-19(23)12-18)13-25-7-5-15(6-8-25)14-26-21(27)11-17-3-1-2-4-20(17)24-26/h9-12,15H,1-8,13-14H2. The van der Waals surface area contributed by atoms with Crippen molar-refractivity contribution >= 4 is 0 Å². The average molecular weight is 373 g/mol. The van der Waals surface area contributed by atoms with E-state index >= 15 is 0 Å². The summed E-state index contributed by atoms with van der Waals surface area (Å²) in [5, 5.41) is 4.62. The second-order valence-corrected chi connectivity index (χ2v) is 7.84. The maximum absolute atomic E-state index is 13.3. The summed E-state index contributed by atoms with van der Waals surface area (Å²) in [6.45, 7) is 2.94. The van der Waals surface area contributed by atoms with E-state index in [9.17, 15) is 13.6 Å². The van der Waals surface area contributed by atoms with Crippen molar-refractivity contribution in [3.05, 3.63) is 63.1 Å². The zero-order chi connectivity index (χ0) is 18.8. The third-order valence-electron chi connectivity index (χ3n) is 5.74. The summed E-state index contributed by atoms with van der Waals surface area (Å²) in [6, 6.07) is 5.46. The molecule has 1 aromatic heterocycles. The molecular formula is C21H25F2N3O. The van der Waals surface area contributed by atoms with Gasteiger partial charge in [-0.3, -0.25) is 9.69 Å². The third kappa shape index (κ3) is 4.43. The van der Waals surface area contributed by atoms with Crippen LogP contribution in [0.1, 0.15) is 42.5 Å². The highest BCUT2D eigenvalue weighted by Gasteiger charge is 2.22. The summed E-state index contributed by atoms with van der Waals surface area (Å²) in [5.74, 6) is -0.646. The Labute approximate surface area is 157 Å². The van der Waals surface area contributed by atoms with Crippen molar-refractivity contribution in [2.24, 2.45) is 5.92 Å². The van der Waals surface area contributed by atoms with Crippen molar-refractivity contribution in [1.29, 1.82) is 0 Å². The van der Waals surface area contributed by atoms with Crippen LogP contribution >= 0.6 is 0 Å². The molecule has 0 spiro atoms. The Balaban J connectivity index is 1.35. The number of likely N-dealkylation sites (tertiary alicyclic amines) is 1. The molecule has 27 heavy (non-hydrogen) atoms. The number of aryl methyl sites for hydroxylation is 2. The van der Waals surface area contributed by atoms with E-state index < -0.39 is 11.6 Å². The van der Waals surface area contributed by atoms with Crippen LogP contribution < -0.4 is 5.56 Å². The minimum absolute atomic E-state index is 0.00770. The molecular weight excluding hydrogens is 348 g/mol. The topological polar surface area (TPSA) is 38.1 Å². The third-order valence-corrected chi connectivity index (χ3v) is 5.74. The predicted octanol–water partition coefficient (Wildman–Crippen LogP) is 3.31. The van der Waals surface area contributed by atoms with Crippen molar-refractivity contribution in [3.63, 3.8) is 0 Å². The fourth-order valence-corrected chi connectivity index (χ4v) is 4.26. The van der Waals surface area contributed by atoms with E-state index in [1.807, 2.05) is 0 Å². The van der Waals surface area contributed by atoms with Crippen molar-refractivity contribution in [1.82, 2.24) is 14.7 Å². The van der Waals surface area contributed by atoms with Crippen LogP contribution in [0.2, 0.25) is 0 Å². The van der Waals surface area contributed by atoms with E-state index in [2.05, 4.69) is 10.00 Å². The summed E-state index contributed by atoms with van der Waals surface area (Å²) in [7, 11) is 0. The number of nitrogens with zero attached hydrogens (tertiary/aromatic N) is 3. The van der Waals surface area contributed by atoms with Crippen LogP contribution in [0.4, 0.5) is 8.78 Å². The number of benzene rings is 1. The summed E-state index contributed by atoms with van der Waals surface area (Å²) < 4.78 is 28.3. The summed E-state index contributed by atoms with van der Waals surface area (Å²) in [4.78, 5) is 14.6. The zero-order valence-electron chi connectivity index (χ0n) is 15.5. The van der Waals surface area contributed by atoms with E-state index in [1.54, 1.807) is 10.7 Å². The first-order chi connectivity index (χ1) is 13.1. The Kier molecular flexibility index (Phi) is 5.34. The Bertz CT molecular complexity index is 852. The van der Waals surface area contributed by atoms with Gasteiger partial charge in [0.05, 0.1) is 5.69 Å². The molecule has 2 aliphatic rings. The number of piperidine rings is 1. The molecule has 0 radical (unpaired) electrons. The minimum Gasteiger partial charge on any atom is -0.299 e. The van der Waals surface area contributed by atoms with Gasteiger partial charge in [-0.2, -0.15) is 5.10 Å². The van der Waals surface area contributed by atoms with Crippen LogP contribution in [0.5, 0.6) is 0 Å². The normalized spacial score (nSPS) is 18.4. The van der Waals surface area contributed by atoms with Crippen molar-refractivity contribution in [2.75, 3.05) is 13.1 Å². The molecule has 4 rings (SSSR count). The molecule has 0 amide bonds. The summed E-state index contributed by atoms with van der Waals surface area (Å²) in [5.41, 5.74) is 2.89. The number of rotatable bonds is 4. The van der Waals surface area contributed by atoms with Gasteiger partial charge in [0.25, 0.3) is 5.56 Å². The van der Waals surface area contributed by atoms with Gasteiger partial charge in [0.15, 0.2) is 0 Å². The Morgan fingerprint density at radius 2 is 1.70 bits per heavy atom. The van der Waals surface area contributed by atoms with Crippen LogP contribution in [0.15, 0.2) is 29.1 Å². The van der Waals surface area contributed by atoms with Crippen LogP contribution in [-0.2, 0) is 25.9 Å². The molecule has 0 unspecified atom stereocenters. The maximum atomic E-state index is 13.3. The highest BCUT2D eigenvalue weighted by atomic mass is 19.1. The lowest BCUT2D eigenvalue weighted by molar-refractivity contribution is 0.163. The van der Waals surface area contributed by atoms with Gasteiger partial charge >= 0.3 is 0 Å². The van der Waals surface area contributed by atoms with Gasteiger partial charge in [-0.15, -0.1) is 0 Å². The van der Waals surface area contributed by atoms with Gasteiger partial charge in [-0.1, -0.05) is 0 Å². The summed E-state index contributed by atoms with van der Waals surface area (Å²) >= 11 is 0. The first-order valence-electron chi connectivity index (χ1n) is 9.84. The zero-order valence-corrected chi connectivity index (χ0v) is 15.5. The van der Waals surface area contributed by atoms with E-state index in [0.717, 1.165) is 68.9 Å². The average Bonchev–Trinajstić information content (AvgIpc) is 2.63. The van der Waals surface area contributed by atoms with Crippen LogP contribution in [0.25, 0.3) is 0 Å².